The maximum atomic E-state index is 6.30. The lowest BCUT2D eigenvalue weighted by Crippen LogP contribution is -2.19. The Kier molecular flexibility index (Phi) is 5.04. The van der Waals surface area contributed by atoms with Crippen molar-refractivity contribution in [1.29, 1.82) is 0 Å². The van der Waals surface area contributed by atoms with E-state index in [0.29, 0.717) is 6.54 Å². The van der Waals surface area contributed by atoms with Gasteiger partial charge in [0, 0.05) is 29.6 Å². The van der Waals surface area contributed by atoms with Crippen LogP contribution in [-0.2, 0) is 6.54 Å². The zero-order valence-corrected chi connectivity index (χ0v) is 16.1. The molecule has 1 aromatic carbocycles. The second kappa shape index (κ2) is 7.60. The van der Waals surface area contributed by atoms with Gasteiger partial charge in [0.1, 0.15) is 23.0 Å². The molecule has 2 aromatic heterocycles. The Morgan fingerprint density at radius 2 is 2.00 bits per heavy atom. The van der Waals surface area contributed by atoms with E-state index in [1.807, 2.05) is 37.3 Å². The summed E-state index contributed by atoms with van der Waals surface area (Å²) in [4.78, 5) is 16.9. The number of thiazole rings is 1. The summed E-state index contributed by atoms with van der Waals surface area (Å²) in [6.07, 6.45) is 4.10. The standard InChI is InChI=1S/C19H20ClN5S/c1-13-16(26-19(24-13)14-6-2-3-7-15(14)20)11-21-17-10-18(23-12-22-17)25-8-4-5-9-25/h2-3,6-7,10,12H,4-5,8-9,11H2,1H3,(H,21,22,23). The van der Waals surface area contributed by atoms with Crippen molar-refractivity contribution in [3.8, 4) is 10.6 Å². The van der Waals surface area contributed by atoms with Gasteiger partial charge in [0.2, 0.25) is 0 Å². The average molecular weight is 386 g/mol. The van der Waals surface area contributed by atoms with Crippen molar-refractivity contribution < 1.29 is 0 Å². The van der Waals surface area contributed by atoms with Crippen molar-refractivity contribution >= 4 is 34.6 Å². The molecule has 3 aromatic rings. The van der Waals surface area contributed by atoms with Crippen LogP contribution in [0, 0.1) is 6.92 Å². The minimum Gasteiger partial charge on any atom is -0.365 e. The van der Waals surface area contributed by atoms with E-state index < -0.39 is 0 Å². The van der Waals surface area contributed by atoms with E-state index >= 15 is 0 Å². The van der Waals surface area contributed by atoms with Crippen LogP contribution >= 0.6 is 22.9 Å². The van der Waals surface area contributed by atoms with Crippen LogP contribution in [0.1, 0.15) is 23.4 Å². The lowest BCUT2D eigenvalue weighted by atomic mass is 10.2. The Labute approximate surface area is 162 Å². The van der Waals surface area contributed by atoms with Gasteiger partial charge in [0.15, 0.2) is 0 Å². The number of aryl methyl sites for hydroxylation is 1. The Bertz CT molecular complexity index is 904. The smallest absolute Gasteiger partial charge is 0.134 e. The predicted molar refractivity (Wildman–Crippen MR) is 108 cm³/mol. The van der Waals surface area contributed by atoms with E-state index in [9.17, 15) is 0 Å². The quantitative estimate of drug-likeness (QED) is 0.685. The number of hydrogen-bond acceptors (Lipinski definition) is 6. The van der Waals surface area contributed by atoms with Gasteiger partial charge < -0.3 is 10.2 Å². The van der Waals surface area contributed by atoms with Crippen LogP contribution in [0.25, 0.3) is 10.6 Å². The molecule has 0 aliphatic carbocycles. The first kappa shape index (κ1) is 17.2. The zero-order chi connectivity index (χ0) is 17.9. The number of hydrogen-bond donors (Lipinski definition) is 1. The molecule has 26 heavy (non-hydrogen) atoms. The molecule has 5 nitrogen and oxygen atoms in total. The van der Waals surface area contributed by atoms with Gasteiger partial charge in [-0.2, -0.15) is 0 Å². The zero-order valence-electron chi connectivity index (χ0n) is 14.6. The van der Waals surface area contributed by atoms with Crippen LogP contribution in [0.15, 0.2) is 36.7 Å². The molecule has 0 atom stereocenters. The summed E-state index contributed by atoms with van der Waals surface area (Å²) in [5, 5.41) is 5.08. The average Bonchev–Trinajstić information content (AvgIpc) is 3.31. The van der Waals surface area contributed by atoms with Gasteiger partial charge in [-0.05, 0) is 25.8 Å². The van der Waals surface area contributed by atoms with Crippen molar-refractivity contribution in [2.24, 2.45) is 0 Å². The first-order valence-corrected chi connectivity index (χ1v) is 9.92. The van der Waals surface area contributed by atoms with Crippen molar-refractivity contribution in [3.63, 3.8) is 0 Å². The fourth-order valence-electron chi connectivity index (χ4n) is 3.08. The molecule has 7 heteroatoms. The first-order valence-electron chi connectivity index (χ1n) is 8.73. The molecular weight excluding hydrogens is 366 g/mol. The number of halogens is 1. The summed E-state index contributed by atoms with van der Waals surface area (Å²) in [5.74, 6) is 1.84. The summed E-state index contributed by atoms with van der Waals surface area (Å²) < 4.78 is 0. The fraction of sp³-hybridized carbons (Fsp3) is 0.316. The molecule has 0 spiro atoms. The molecule has 0 bridgehead atoms. The minimum atomic E-state index is 0.685. The molecule has 134 valence electrons. The Hall–Kier alpha value is -2.18. The number of aromatic nitrogens is 3. The van der Waals surface area contributed by atoms with Gasteiger partial charge in [-0.15, -0.1) is 11.3 Å². The molecule has 1 saturated heterocycles. The number of benzene rings is 1. The molecule has 0 radical (unpaired) electrons. The molecule has 0 amide bonds. The van der Waals surface area contributed by atoms with Crippen molar-refractivity contribution in [3.05, 3.63) is 52.3 Å². The Morgan fingerprint density at radius 3 is 2.81 bits per heavy atom. The summed E-state index contributed by atoms with van der Waals surface area (Å²) in [5.41, 5.74) is 2.00. The van der Waals surface area contributed by atoms with Gasteiger partial charge in [0.25, 0.3) is 0 Å². The van der Waals surface area contributed by atoms with Crippen molar-refractivity contribution in [2.45, 2.75) is 26.3 Å². The van der Waals surface area contributed by atoms with Crippen LogP contribution in [0.5, 0.6) is 0 Å². The van der Waals surface area contributed by atoms with Gasteiger partial charge in [-0.25, -0.2) is 15.0 Å². The van der Waals surface area contributed by atoms with E-state index in [1.54, 1.807) is 17.7 Å². The normalized spacial score (nSPS) is 14.0. The number of rotatable bonds is 5. The van der Waals surface area contributed by atoms with Crippen LogP contribution in [-0.4, -0.2) is 28.0 Å². The number of nitrogens with zero attached hydrogens (tertiary/aromatic N) is 4. The van der Waals surface area contributed by atoms with Crippen molar-refractivity contribution in [2.75, 3.05) is 23.3 Å². The molecular formula is C19H20ClN5S. The second-order valence-electron chi connectivity index (χ2n) is 6.32. The van der Waals surface area contributed by atoms with E-state index in [4.69, 9.17) is 11.6 Å². The number of anilines is 2. The Balaban J connectivity index is 1.48. The van der Waals surface area contributed by atoms with E-state index in [1.165, 1.54) is 17.7 Å². The highest BCUT2D eigenvalue weighted by Gasteiger charge is 2.15. The molecule has 1 aliphatic rings. The molecule has 1 N–H and O–H groups in total. The maximum Gasteiger partial charge on any atom is 0.134 e. The molecule has 0 saturated carbocycles. The van der Waals surface area contributed by atoms with E-state index in [0.717, 1.165) is 46.0 Å². The van der Waals surface area contributed by atoms with Gasteiger partial charge >= 0.3 is 0 Å². The lowest BCUT2D eigenvalue weighted by Gasteiger charge is -2.16. The SMILES string of the molecule is Cc1nc(-c2ccccc2Cl)sc1CNc1cc(N2CCCC2)ncn1. The summed E-state index contributed by atoms with van der Waals surface area (Å²) in [6, 6.07) is 9.84. The third-order valence-electron chi connectivity index (χ3n) is 4.51. The fourth-order valence-corrected chi connectivity index (χ4v) is 4.40. The maximum absolute atomic E-state index is 6.30. The topological polar surface area (TPSA) is 53.9 Å². The highest BCUT2D eigenvalue weighted by Crippen LogP contribution is 2.33. The minimum absolute atomic E-state index is 0.685. The third-order valence-corrected chi connectivity index (χ3v) is 6.03. The van der Waals surface area contributed by atoms with Gasteiger partial charge in [0.05, 0.1) is 17.3 Å². The highest BCUT2D eigenvalue weighted by atomic mass is 35.5. The van der Waals surface area contributed by atoms with E-state index in [2.05, 4.69) is 25.2 Å². The molecule has 4 rings (SSSR count). The molecule has 3 heterocycles. The van der Waals surface area contributed by atoms with Crippen LogP contribution in [0.3, 0.4) is 0 Å². The van der Waals surface area contributed by atoms with Crippen LogP contribution in [0.4, 0.5) is 11.6 Å². The first-order chi connectivity index (χ1) is 12.7. The summed E-state index contributed by atoms with van der Waals surface area (Å²) in [6.45, 7) is 4.87. The van der Waals surface area contributed by atoms with Gasteiger partial charge in [-0.1, -0.05) is 29.8 Å². The lowest BCUT2D eigenvalue weighted by molar-refractivity contribution is 0.925. The van der Waals surface area contributed by atoms with Crippen molar-refractivity contribution in [1.82, 2.24) is 15.0 Å². The predicted octanol–water partition coefficient (Wildman–Crippen LogP) is 4.77. The monoisotopic (exact) mass is 385 g/mol. The highest BCUT2D eigenvalue weighted by molar-refractivity contribution is 7.15. The second-order valence-corrected chi connectivity index (χ2v) is 7.81. The molecule has 0 unspecified atom stereocenters. The van der Waals surface area contributed by atoms with Crippen LogP contribution in [0.2, 0.25) is 5.02 Å². The molecule has 1 aliphatic heterocycles. The summed E-state index contributed by atoms with van der Waals surface area (Å²) >= 11 is 7.97. The molecule has 1 fully saturated rings. The third kappa shape index (κ3) is 3.66. The Morgan fingerprint density at radius 1 is 1.19 bits per heavy atom. The van der Waals surface area contributed by atoms with Gasteiger partial charge in [-0.3, -0.25) is 0 Å². The largest absolute Gasteiger partial charge is 0.365 e. The van der Waals surface area contributed by atoms with Crippen LogP contribution < -0.4 is 10.2 Å². The summed E-state index contributed by atoms with van der Waals surface area (Å²) in [7, 11) is 0. The number of nitrogens with one attached hydrogen (secondary N) is 1. The van der Waals surface area contributed by atoms with E-state index in [-0.39, 0.29) is 0 Å².